The van der Waals surface area contributed by atoms with E-state index in [-0.39, 0.29) is 60.8 Å². The van der Waals surface area contributed by atoms with Crippen LogP contribution in [-0.2, 0) is 28.1 Å². The molecule has 15 rings (SSSR count). The fraction of sp³-hybridized carbons (Fsp3) is 0.270. The van der Waals surface area contributed by atoms with Gasteiger partial charge in [0.15, 0.2) is 0 Å². The predicted molar refractivity (Wildman–Crippen MR) is 515 cm³/mol. The second kappa shape index (κ2) is 45.9. The van der Waals surface area contributed by atoms with Crippen LogP contribution in [-0.4, -0.2) is 12.4 Å². The smallest absolute Gasteiger partial charge is 0.169 e. The Morgan fingerprint density at radius 1 is 0.207 bits per heavy atom. The van der Waals surface area contributed by atoms with Crippen molar-refractivity contribution in [2.24, 2.45) is 0 Å². The molecule has 0 heterocycles. The Balaban J connectivity index is 0.000000373. The fourth-order valence-electron chi connectivity index (χ4n) is 14.6. The minimum absolute atomic E-state index is 0. The first-order valence-electron chi connectivity index (χ1n) is 39.6. The van der Waals surface area contributed by atoms with E-state index in [1.54, 1.807) is 13.8 Å². The molecule has 0 radical (unpaired) electrons. The highest BCUT2D eigenvalue weighted by Gasteiger charge is 2.72. The Morgan fingerprint density at radius 2 is 0.421 bits per heavy atom. The summed E-state index contributed by atoms with van der Waals surface area (Å²) in [4.78, 5) is 0. The number of hydrogen-bond acceptors (Lipinski definition) is 0. The highest BCUT2D eigenvalue weighted by molar-refractivity contribution is 5.86. The van der Waals surface area contributed by atoms with Crippen molar-refractivity contribution in [2.45, 2.75) is 210 Å². The third kappa shape index (κ3) is 26.3. The SMILES string of the molecule is C.C.C.C.C.C.Cc1ccc(C(C)(C)c2ccc(C)cc2)cc1.Cc1ccc(C(C)(C)c2cccc(C)c2)cc1.Cc1ccc(C(c2ccc(C)cc2)(C(F)(F)F)C(F)(F)F)cc1.Cc1ccc(C)cc1.Cc1ccc(C2(c3ccc(C)cc3)c3ccccc3-c3ccccc32)cc1.Cc1ccc(Cc2ccc(C)cc2)cc1.Cc1cccc(C)c1. The molecule has 0 bridgehead atoms. The van der Waals surface area contributed by atoms with Crippen LogP contribution in [0.2, 0.25) is 0 Å². The second-order valence-electron chi connectivity index (χ2n) is 32.2. The van der Waals surface area contributed by atoms with Gasteiger partial charge in [0.1, 0.15) is 0 Å². The van der Waals surface area contributed by atoms with E-state index in [2.05, 4.69) is 402 Å². The molecule has 1 aliphatic carbocycles. The Bertz CT molecular complexity index is 5070. The second-order valence-corrected chi connectivity index (χ2v) is 32.2. The van der Waals surface area contributed by atoms with Gasteiger partial charge in [-0.1, -0.05) is 490 Å². The van der Waals surface area contributed by atoms with Crippen molar-refractivity contribution < 1.29 is 26.3 Å². The minimum Gasteiger partial charge on any atom is -0.169 e. The van der Waals surface area contributed by atoms with Gasteiger partial charge in [0.05, 0.1) is 5.41 Å². The first-order chi connectivity index (χ1) is 54.5. The van der Waals surface area contributed by atoms with Gasteiger partial charge in [0.2, 0.25) is 5.41 Å². The maximum atomic E-state index is 13.7. The Kier molecular flexibility index (Phi) is 39.4. The first-order valence-corrected chi connectivity index (χ1v) is 39.6. The maximum Gasteiger partial charge on any atom is 0.411 e. The Hall–Kier alpha value is -11.3. The van der Waals surface area contributed by atoms with Gasteiger partial charge >= 0.3 is 12.4 Å². The molecule has 121 heavy (non-hydrogen) atoms. The molecule has 0 N–H and O–H groups in total. The lowest BCUT2D eigenvalue weighted by Crippen LogP contribution is -2.54. The van der Waals surface area contributed by atoms with Gasteiger partial charge in [0.25, 0.3) is 0 Å². The van der Waals surface area contributed by atoms with E-state index in [4.69, 9.17) is 0 Å². The molecule has 0 aliphatic heterocycles. The summed E-state index contributed by atoms with van der Waals surface area (Å²) < 4.78 is 82.3. The monoisotopic (exact) mass is 1630 g/mol. The molecule has 0 unspecified atom stereocenters. The summed E-state index contributed by atoms with van der Waals surface area (Å²) in [5.74, 6) is 0. The molecule has 14 aromatic rings. The summed E-state index contributed by atoms with van der Waals surface area (Å²) >= 11 is 0. The molecule has 0 saturated heterocycles. The first kappa shape index (κ1) is 104. The van der Waals surface area contributed by atoms with E-state index in [9.17, 15) is 26.3 Å². The van der Waals surface area contributed by atoms with Crippen LogP contribution < -0.4 is 0 Å². The molecule has 0 nitrogen and oxygen atoms in total. The molecule has 14 aromatic carbocycles. The summed E-state index contributed by atoms with van der Waals surface area (Å²) in [6.07, 6.45) is -10.0. The van der Waals surface area contributed by atoms with Gasteiger partial charge in [-0.25, -0.2) is 0 Å². The van der Waals surface area contributed by atoms with Crippen molar-refractivity contribution >= 4 is 0 Å². The average molecular weight is 1630 g/mol. The van der Waals surface area contributed by atoms with E-state index in [1.807, 2.05) is 0 Å². The van der Waals surface area contributed by atoms with Crippen LogP contribution in [0, 0.1) is 96.9 Å². The van der Waals surface area contributed by atoms with Crippen LogP contribution in [0.3, 0.4) is 0 Å². The number of halogens is 6. The molecular weight excluding hydrogens is 1500 g/mol. The van der Waals surface area contributed by atoms with E-state index in [1.165, 1.54) is 158 Å². The number of rotatable bonds is 10. The van der Waals surface area contributed by atoms with Crippen LogP contribution in [0.4, 0.5) is 26.3 Å². The third-order valence-electron chi connectivity index (χ3n) is 21.8. The van der Waals surface area contributed by atoms with Gasteiger partial charge < -0.3 is 0 Å². The molecule has 0 amide bonds. The number of benzene rings is 14. The lowest BCUT2D eigenvalue weighted by Gasteiger charge is -2.38. The van der Waals surface area contributed by atoms with Gasteiger partial charge in [0, 0.05) is 10.8 Å². The largest absolute Gasteiger partial charge is 0.411 e. The Morgan fingerprint density at radius 3 is 0.669 bits per heavy atom. The lowest BCUT2D eigenvalue weighted by atomic mass is 9.67. The lowest BCUT2D eigenvalue weighted by molar-refractivity contribution is -0.288. The zero-order chi connectivity index (χ0) is 83.5. The van der Waals surface area contributed by atoms with E-state index in [0.29, 0.717) is 11.1 Å². The molecule has 0 atom stereocenters. The summed E-state index contributed by atoms with van der Waals surface area (Å²) in [6.45, 7) is 37.8. The van der Waals surface area contributed by atoms with E-state index < -0.39 is 28.9 Å². The average Bonchev–Trinajstić information content (AvgIpc) is 1.42. The van der Waals surface area contributed by atoms with Crippen LogP contribution in [0.15, 0.2) is 340 Å². The molecule has 1 aliphatic rings. The van der Waals surface area contributed by atoms with Crippen molar-refractivity contribution in [3.8, 4) is 11.1 Å². The van der Waals surface area contributed by atoms with Crippen molar-refractivity contribution in [1.29, 1.82) is 0 Å². The molecule has 0 spiro atoms. The van der Waals surface area contributed by atoms with Crippen molar-refractivity contribution in [3.05, 3.63) is 484 Å². The summed E-state index contributed by atoms with van der Waals surface area (Å²) in [6, 6.07) is 114. The standard InChI is InChI=1S/C27H22.C17H14F6.2C17H20.C15H16.2C8H10.6CH4/c1-19-11-15-21(16-12-19)27(22-17-13-20(2)14-18-22)25-9-5-3-7-23(25)24-8-4-6-10-26(24)27;1-11-3-7-13(8-4-11)15(16(18,19)20,17(21,22)23)14-9-5-12(2)6-10-14;1-13-5-9-15(10-6-13)17(3,4)16-11-7-14(2)8-12-16;1-13-8-10-15(11-9-13)17(3,4)16-7-5-6-14(2)12-16;1-12-3-7-14(8-4-12)11-15-9-5-13(2)6-10-15;1-7-3-5-8(2)6-4-7;1-7-4-3-5-8(2)6-7;;;;;;/h3-18H,1-2H3;3-10H,1-2H3;2*5-12H,1-4H3;3-10H,11H2,1-2H3;2*3-6H,1-2H3;6*1H4. The van der Waals surface area contributed by atoms with Crippen molar-refractivity contribution in [1.82, 2.24) is 0 Å². The van der Waals surface area contributed by atoms with Gasteiger partial charge in [-0.05, 0) is 181 Å². The molecule has 6 heteroatoms. The van der Waals surface area contributed by atoms with Gasteiger partial charge in [-0.3, -0.25) is 0 Å². The minimum atomic E-state index is -5.53. The predicted octanol–water partition coefficient (Wildman–Crippen LogP) is 34.0. The number of alkyl halides is 6. The van der Waals surface area contributed by atoms with Gasteiger partial charge in [-0.15, -0.1) is 0 Å². The molecule has 0 saturated carbocycles. The molecule has 638 valence electrons. The third-order valence-corrected chi connectivity index (χ3v) is 21.8. The van der Waals surface area contributed by atoms with E-state index >= 15 is 0 Å². The quantitative estimate of drug-likeness (QED) is 0.120. The highest BCUT2D eigenvalue weighted by Crippen LogP contribution is 2.58. The number of hydrogen-bond donors (Lipinski definition) is 0. The topological polar surface area (TPSA) is 0 Å². The molecule has 0 aromatic heterocycles. The zero-order valence-electron chi connectivity index (χ0n) is 70.3. The van der Waals surface area contributed by atoms with E-state index in [0.717, 1.165) is 30.7 Å². The summed E-state index contributed by atoms with van der Waals surface area (Å²) in [5.41, 5.74) is 27.4. The van der Waals surface area contributed by atoms with Crippen LogP contribution in [0.1, 0.15) is 217 Å². The molecular formula is C115H136F6. The zero-order valence-corrected chi connectivity index (χ0v) is 70.3. The Labute approximate surface area is 727 Å². The van der Waals surface area contributed by atoms with Crippen molar-refractivity contribution in [2.75, 3.05) is 0 Å². The van der Waals surface area contributed by atoms with Gasteiger partial charge in [-0.2, -0.15) is 26.3 Å². The number of fused-ring (bicyclic) bond motifs is 3. The summed E-state index contributed by atoms with van der Waals surface area (Å²) in [5, 5.41) is 0. The van der Waals surface area contributed by atoms with Crippen molar-refractivity contribution in [3.63, 3.8) is 0 Å². The summed E-state index contributed by atoms with van der Waals surface area (Å²) in [7, 11) is 0. The fourth-order valence-corrected chi connectivity index (χ4v) is 14.6. The number of aryl methyl sites for hydroxylation is 14. The van der Waals surface area contributed by atoms with Crippen LogP contribution >= 0.6 is 0 Å². The maximum absolute atomic E-state index is 13.7. The molecule has 0 fully saturated rings. The normalized spacial score (nSPS) is 11.3. The highest BCUT2D eigenvalue weighted by atomic mass is 19.4. The van der Waals surface area contributed by atoms with Crippen LogP contribution in [0.5, 0.6) is 0 Å². The van der Waals surface area contributed by atoms with Crippen LogP contribution in [0.25, 0.3) is 11.1 Å².